The first kappa shape index (κ1) is 13.5. The Hall–Kier alpha value is -1.55. The highest BCUT2D eigenvalue weighted by Crippen LogP contribution is 2.16. The highest BCUT2D eigenvalue weighted by molar-refractivity contribution is 6.00. The molecule has 0 radical (unpaired) electrons. The molecule has 0 aliphatic rings. The summed E-state index contributed by atoms with van der Waals surface area (Å²) in [5.74, 6) is -0.0532. The van der Waals surface area contributed by atoms with Crippen LogP contribution in [0.3, 0.4) is 0 Å². The van der Waals surface area contributed by atoms with Crippen LogP contribution >= 0.6 is 0 Å². The second-order valence-electron chi connectivity index (χ2n) is 4.55. The molecule has 4 heteroatoms. The molecule has 0 saturated carbocycles. The first-order valence-electron chi connectivity index (χ1n) is 5.74. The van der Waals surface area contributed by atoms with Gasteiger partial charge in [0, 0.05) is 5.69 Å². The number of amides is 1. The number of rotatable bonds is 4. The number of hydrogen-bond acceptors (Lipinski definition) is 3. The van der Waals surface area contributed by atoms with E-state index in [2.05, 4.69) is 5.32 Å². The third kappa shape index (κ3) is 3.20. The standard InChI is InChI=1S/C13H20N2O2/c1-8(2)11(7-16)15-13(17)12-9(3)5-4-6-10(12)14/h4-6,8,11,16H,7,14H2,1-3H3,(H,15,17). The van der Waals surface area contributed by atoms with Crippen LogP contribution in [0.1, 0.15) is 29.8 Å². The van der Waals surface area contributed by atoms with E-state index in [0.717, 1.165) is 5.56 Å². The Kier molecular flexibility index (Phi) is 4.52. The third-order valence-corrected chi connectivity index (χ3v) is 2.85. The van der Waals surface area contributed by atoms with E-state index in [0.29, 0.717) is 11.3 Å². The predicted octanol–water partition coefficient (Wildman–Crippen LogP) is 1.32. The molecule has 0 bridgehead atoms. The van der Waals surface area contributed by atoms with Gasteiger partial charge in [-0.05, 0) is 24.5 Å². The molecule has 0 saturated heterocycles. The van der Waals surface area contributed by atoms with Gasteiger partial charge in [0.1, 0.15) is 0 Å². The van der Waals surface area contributed by atoms with Crippen LogP contribution in [0, 0.1) is 12.8 Å². The maximum atomic E-state index is 12.1. The van der Waals surface area contributed by atoms with E-state index < -0.39 is 0 Å². The Morgan fingerprint density at radius 1 is 1.47 bits per heavy atom. The first-order valence-corrected chi connectivity index (χ1v) is 5.74. The Morgan fingerprint density at radius 3 is 2.59 bits per heavy atom. The van der Waals surface area contributed by atoms with Crippen LogP contribution in [0.4, 0.5) is 5.69 Å². The molecule has 1 amide bonds. The smallest absolute Gasteiger partial charge is 0.253 e. The van der Waals surface area contributed by atoms with Gasteiger partial charge in [-0.2, -0.15) is 0 Å². The number of hydrogen-bond donors (Lipinski definition) is 3. The zero-order valence-corrected chi connectivity index (χ0v) is 10.5. The molecule has 1 atom stereocenters. The van der Waals surface area contributed by atoms with Crippen LogP contribution < -0.4 is 11.1 Å². The normalized spacial score (nSPS) is 12.5. The maximum absolute atomic E-state index is 12.1. The van der Waals surface area contributed by atoms with Gasteiger partial charge >= 0.3 is 0 Å². The van der Waals surface area contributed by atoms with Crippen molar-refractivity contribution in [3.63, 3.8) is 0 Å². The maximum Gasteiger partial charge on any atom is 0.253 e. The summed E-state index contributed by atoms with van der Waals surface area (Å²) in [5, 5.41) is 12.0. The summed E-state index contributed by atoms with van der Waals surface area (Å²) in [4.78, 5) is 12.1. The van der Waals surface area contributed by atoms with E-state index in [1.54, 1.807) is 6.07 Å². The van der Waals surface area contributed by atoms with Gasteiger partial charge in [-0.1, -0.05) is 26.0 Å². The molecule has 0 aromatic heterocycles. The molecule has 4 nitrogen and oxygen atoms in total. The topological polar surface area (TPSA) is 75.4 Å². The van der Waals surface area contributed by atoms with Crippen LogP contribution in [0.25, 0.3) is 0 Å². The van der Waals surface area contributed by atoms with Crippen LogP contribution in [0.2, 0.25) is 0 Å². The fourth-order valence-electron chi connectivity index (χ4n) is 1.66. The average molecular weight is 236 g/mol. The Bertz CT molecular complexity index is 382. The minimum atomic E-state index is -0.249. The van der Waals surface area contributed by atoms with Gasteiger partial charge in [-0.15, -0.1) is 0 Å². The van der Waals surface area contributed by atoms with Crippen molar-refractivity contribution in [1.82, 2.24) is 5.32 Å². The summed E-state index contributed by atoms with van der Waals surface area (Å²) in [6, 6.07) is 5.11. The molecule has 1 aromatic rings. The third-order valence-electron chi connectivity index (χ3n) is 2.85. The summed E-state index contributed by atoms with van der Waals surface area (Å²) in [7, 11) is 0. The molecule has 0 fully saturated rings. The Balaban J connectivity index is 2.90. The van der Waals surface area contributed by atoms with Crippen molar-refractivity contribution >= 4 is 11.6 Å². The number of anilines is 1. The molecule has 0 aliphatic carbocycles. The lowest BCUT2D eigenvalue weighted by Gasteiger charge is -2.21. The lowest BCUT2D eigenvalue weighted by molar-refractivity contribution is 0.0897. The summed E-state index contributed by atoms with van der Waals surface area (Å²) in [5.41, 5.74) is 7.58. The molecule has 0 spiro atoms. The molecule has 0 heterocycles. The van der Waals surface area contributed by atoms with Gasteiger partial charge < -0.3 is 16.2 Å². The van der Waals surface area contributed by atoms with Crippen molar-refractivity contribution in [1.29, 1.82) is 0 Å². The van der Waals surface area contributed by atoms with Crippen molar-refractivity contribution in [2.45, 2.75) is 26.8 Å². The van der Waals surface area contributed by atoms with E-state index in [-0.39, 0.29) is 24.5 Å². The second kappa shape index (κ2) is 5.68. The van der Waals surface area contributed by atoms with Crippen LogP contribution in [-0.2, 0) is 0 Å². The van der Waals surface area contributed by atoms with Crippen LogP contribution in [0.15, 0.2) is 18.2 Å². The van der Waals surface area contributed by atoms with Gasteiger partial charge in [0.2, 0.25) is 0 Å². The number of aryl methyl sites for hydroxylation is 1. The molecule has 0 aliphatic heterocycles. The fourth-order valence-corrected chi connectivity index (χ4v) is 1.66. The fraction of sp³-hybridized carbons (Fsp3) is 0.462. The average Bonchev–Trinajstić information content (AvgIpc) is 2.25. The number of aliphatic hydroxyl groups is 1. The molecular formula is C13H20N2O2. The highest BCUT2D eigenvalue weighted by atomic mass is 16.3. The minimum Gasteiger partial charge on any atom is -0.398 e. The predicted molar refractivity (Wildman–Crippen MR) is 68.8 cm³/mol. The number of carbonyl (C=O) groups is 1. The SMILES string of the molecule is Cc1cccc(N)c1C(=O)NC(CO)C(C)C. The molecule has 4 N–H and O–H groups in total. The van der Waals surface area contributed by atoms with Crippen molar-refractivity contribution < 1.29 is 9.90 Å². The highest BCUT2D eigenvalue weighted by Gasteiger charge is 2.18. The van der Waals surface area contributed by atoms with Gasteiger partial charge in [0.05, 0.1) is 18.2 Å². The van der Waals surface area contributed by atoms with E-state index in [1.165, 1.54) is 0 Å². The minimum absolute atomic E-state index is 0.0742. The van der Waals surface area contributed by atoms with Crippen LogP contribution in [0.5, 0.6) is 0 Å². The largest absolute Gasteiger partial charge is 0.398 e. The number of aliphatic hydroxyl groups excluding tert-OH is 1. The van der Waals surface area contributed by atoms with Gasteiger partial charge in [-0.3, -0.25) is 4.79 Å². The molecule has 17 heavy (non-hydrogen) atoms. The van der Waals surface area contributed by atoms with E-state index in [4.69, 9.17) is 5.73 Å². The van der Waals surface area contributed by atoms with Crippen molar-refractivity contribution in [3.05, 3.63) is 29.3 Å². The Morgan fingerprint density at radius 2 is 2.12 bits per heavy atom. The van der Waals surface area contributed by atoms with Crippen molar-refractivity contribution in [3.8, 4) is 0 Å². The van der Waals surface area contributed by atoms with Gasteiger partial charge in [0.25, 0.3) is 5.91 Å². The molecule has 1 aromatic carbocycles. The van der Waals surface area contributed by atoms with Gasteiger partial charge in [0.15, 0.2) is 0 Å². The zero-order chi connectivity index (χ0) is 13.0. The van der Waals surface area contributed by atoms with Gasteiger partial charge in [-0.25, -0.2) is 0 Å². The number of nitrogen functional groups attached to an aromatic ring is 1. The number of nitrogens with one attached hydrogen (secondary N) is 1. The monoisotopic (exact) mass is 236 g/mol. The number of nitrogens with two attached hydrogens (primary N) is 1. The molecule has 1 rings (SSSR count). The van der Waals surface area contributed by atoms with Crippen molar-refractivity contribution in [2.24, 2.45) is 5.92 Å². The summed E-state index contributed by atoms with van der Waals surface area (Å²) in [6.45, 7) is 5.66. The number of carbonyl (C=O) groups excluding carboxylic acids is 1. The molecule has 94 valence electrons. The quantitative estimate of drug-likeness (QED) is 0.690. The summed E-state index contributed by atoms with van der Waals surface area (Å²) < 4.78 is 0. The lowest BCUT2D eigenvalue weighted by Crippen LogP contribution is -2.41. The first-order chi connectivity index (χ1) is 7.97. The molecular weight excluding hydrogens is 216 g/mol. The summed E-state index contributed by atoms with van der Waals surface area (Å²) >= 11 is 0. The Labute approximate surface area is 102 Å². The second-order valence-corrected chi connectivity index (χ2v) is 4.55. The van der Waals surface area contributed by atoms with E-state index in [1.807, 2.05) is 32.9 Å². The van der Waals surface area contributed by atoms with Crippen molar-refractivity contribution in [2.75, 3.05) is 12.3 Å². The van der Waals surface area contributed by atoms with E-state index >= 15 is 0 Å². The number of benzene rings is 1. The van der Waals surface area contributed by atoms with E-state index in [9.17, 15) is 9.90 Å². The summed E-state index contributed by atoms with van der Waals surface area (Å²) in [6.07, 6.45) is 0. The van der Waals surface area contributed by atoms with Crippen LogP contribution in [-0.4, -0.2) is 23.7 Å². The lowest BCUT2D eigenvalue weighted by atomic mass is 10.0. The molecule has 1 unspecified atom stereocenters. The zero-order valence-electron chi connectivity index (χ0n) is 10.5.